The molecule has 3 heterocycles. The van der Waals surface area contributed by atoms with Gasteiger partial charge in [-0.25, -0.2) is 13.4 Å². The van der Waals surface area contributed by atoms with Gasteiger partial charge in [-0.15, -0.1) is 0 Å². The van der Waals surface area contributed by atoms with Gasteiger partial charge in [-0.2, -0.15) is 0 Å². The van der Waals surface area contributed by atoms with Crippen LogP contribution in [0.2, 0.25) is 0 Å². The molecule has 1 aliphatic heterocycles. The van der Waals surface area contributed by atoms with Crippen LogP contribution in [-0.4, -0.2) is 58.3 Å². The molecule has 2 atom stereocenters. The molecule has 10 heteroatoms. The van der Waals surface area contributed by atoms with Crippen molar-refractivity contribution in [1.29, 1.82) is 0 Å². The smallest absolute Gasteiger partial charge is 0.226 e. The van der Waals surface area contributed by atoms with E-state index in [-0.39, 0.29) is 28.8 Å². The van der Waals surface area contributed by atoms with Crippen LogP contribution in [0.25, 0.3) is 5.65 Å². The number of carbonyl (C=O) groups is 2. The fourth-order valence-corrected chi connectivity index (χ4v) is 5.95. The van der Waals surface area contributed by atoms with Gasteiger partial charge in [0.1, 0.15) is 6.17 Å². The first-order valence-electron chi connectivity index (χ1n) is 12.2. The third-order valence-electron chi connectivity index (χ3n) is 7.38. The van der Waals surface area contributed by atoms with E-state index in [1.165, 1.54) is 12.1 Å². The van der Waals surface area contributed by atoms with Crippen LogP contribution in [0, 0.1) is 0 Å². The highest BCUT2D eigenvalue weighted by molar-refractivity contribution is 7.91. The van der Waals surface area contributed by atoms with Crippen molar-refractivity contribution in [3.8, 4) is 0 Å². The molecule has 5 rings (SSSR count). The molecule has 1 aliphatic carbocycles. The third kappa shape index (κ3) is 4.35. The summed E-state index contributed by atoms with van der Waals surface area (Å²) in [6.07, 6.45) is 11.6. The Morgan fingerprint density at radius 3 is 2.57 bits per heavy atom. The number of amides is 1. The number of imidazole rings is 1. The lowest BCUT2D eigenvalue weighted by Gasteiger charge is -2.41. The van der Waals surface area contributed by atoms with E-state index in [0.29, 0.717) is 29.8 Å². The SMILES string of the molecule is CCS(=O)(=O)c1ccc(CC(=O)NC2C=CC3=C(CCC(C)(c4nccn5ccnc45)C3=O)N2C)cc1. The number of hydrogen-bond donors (Lipinski definition) is 1. The number of nitrogens with one attached hydrogen (secondary N) is 1. The number of fused-ring (bicyclic) bond motifs is 1. The first-order valence-corrected chi connectivity index (χ1v) is 13.9. The van der Waals surface area contributed by atoms with Crippen LogP contribution in [0.1, 0.15) is 37.9 Å². The van der Waals surface area contributed by atoms with Gasteiger partial charge in [0, 0.05) is 43.1 Å². The highest BCUT2D eigenvalue weighted by Gasteiger charge is 2.45. The Kier molecular flexibility index (Phi) is 6.23. The maximum absolute atomic E-state index is 13.7. The van der Waals surface area contributed by atoms with Crippen LogP contribution in [-0.2, 0) is 31.3 Å². The van der Waals surface area contributed by atoms with Crippen LogP contribution >= 0.6 is 0 Å². The quantitative estimate of drug-likeness (QED) is 0.533. The Hall–Kier alpha value is -3.79. The number of aromatic nitrogens is 3. The summed E-state index contributed by atoms with van der Waals surface area (Å²) in [5.41, 5.74) is 2.79. The van der Waals surface area contributed by atoms with Crippen molar-refractivity contribution in [3.05, 3.63) is 83.7 Å². The Morgan fingerprint density at radius 2 is 1.86 bits per heavy atom. The zero-order chi connectivity index (χ0) is 26.4. The molecule has 0 spiro atoms. The van der Waals surface area contributed by atoms with Crippen LogP contribution in [0.4, 0.5) is 0 Å². The predicted octanol–water partition coefficient (Wildman–Crippen LogP) is 2.58. The van der Waals surface area contributed by atoms with Gasteiger partial charge in [0.05, 0.1) is 28.2 Å². The van der Waals surface area contributed by atoms with Gasteiger partial charge >= 0.3 is 0 Å². The van der Waals surface area contributed by atoms with Crippen molar-refractivity contribution in [3.63, 3.8) is 0 Å². The Balaban J connectivity index is 1.30. The van der Waals surface area contributed by atoms with Gasteiger partial charge in [-0.1, -0.05) is 19.1 Å². The van der Waals surface area contributed by atoms with E-state index < -0.39 is 21.4 Å². The van der Waals surface area contributed by atoms with Gasteiger partial charge in [0.25, 0.3) is 0 Å². The molecule has 192 valence electrons. The molecule has 37 heavy (non-hydrogen) atoms. The van der Waals surface area contributed by atoms with Crippen molar-refractivity contribution in [1.82, 2.24) is 24.6 Å². The van der Waals surface area contributed by atoms with Crippen LogP contribution in [0.5, 0.6) is 0 Å². The van der Waals surface area contributed by atoms with E-state index >= 15 is 0 Å². The van der Waals surface area contributed by atoms with Gasteiger partial charge in [-0.05, 0) is 49.6 Å². The van der Waals surface area contributed by atoms with Crippen molar-refractivity contribution in [2.45, 2.75) is 49.6 Å². The largest absolute Gasteiger partial charge is 0.354 e. The van der Waals surface area contributed by atoms with E-state index in [1.54, 1.807) is 37.5 Å². The fraction of sp³-hybridized carbons (Fsp3) is 0.333. The molecule has 0 radical (unpaired) electrons. The number of hydrogen-bond acceptors (Lipinski definition) is 7. The zero-order valence-electron chi connectivity index (χ0n) is 21.0. The molecular weight excluding hydrogens is 490 g/mol. The summed E-state index contributed by atoms with van der Waals surface area (Å²) in [4.78, 5) is 37.7. The molecule has 2 aliphatic rings. The van der Waals surface area contributed by atoms with Gasteiger partial charge in [0.15, 0.2) is 21.3 Å². The normalized spacial score (nSPS) is 21.9. The summed E-state index contributed by atoms with van der Waals surface area (Å²) in [5.74, 6) is -0.173. The minimum atomic E-state index is -3.28. The van der Waals surface area contributed by atoms with Crippen molar-refractivity contribution < 1.29 is 18.0 Å². The second-order valence-corrected chi connectivity index (χ2v) is 11.9. The van der Waals surface area contributed by atoms with Crippen molar-refractivity contribution >= 4 is 27.2 Å². The summed E-state index contributed by atoms with van der Waals surface area (Å²) in [7, 11) is -1.41. The molecule has 0 bridgehead atoms. The number of Topliss-reactive ketones (excluding diaryl/α,β-unsaturated/α-hetero) is 1. The number of nitrogens with zero attached hydrogens (tertiary/aromatic N) is 4. The lowest BCUT2D eigenvalue weighted by molar-refractivity contribution is -0.121. The lowest BCUT2D eigenvalue weighted by atomic mass is 9.70. The average Bonchev–Trinajstić information content (AvgIpc) is 3.37. The van der Waals surface area contributed by atoms with Gasteiger partial charge in [0.2, 0.25) is 5.91 Å². The number of allylic oxidation sites excluding steroid dienone is 3. The summed E-state index contributed by atoms with van der Waals surface area (Å²) < 4.78 is 25.9. The minimum Gasteiger partial charge on any atom is -0.354 e. The number of sulfone groups is 1. The van der Waals surface area contributed by atoms with E-state index in [0.717, 1.165) is 11.3 Å². The maximum Gasteiger partial charge on any atom is 0.226 e. The first-order chi connectivity index (χ1) is 17.6. The van der Waals surface area contributed by atoms with Crippen LogP contribution in [0.3, 0.4) is 0 Å². The Labute approximate surface area is 215 Å². The highest BCUT2D eigenvalue weighted by atomic mass is 32.2. The average molecular weight is 520 g/mol. The zero-order valence-corrected chi connectivity index (χ0v) is 21.8. The molecular formula is C27H29N5O4S. The summed E-state index contributed by atoms with van der Waals surface area (Å²) in [6.45, 7) is 3.53. The summed E-state index contributed by atoms with van der Waals surface area (Å²) in [5, 5.41) is 3.00. The van der Waals surface area contributed by atoms with E-state index in [4.69, 9.17) is 0 Å². The highest BCUT2D eigenvalue weighted by Crippen LogP contribution is 2.42. The molecule has 0 saturated heterocycles. The number of rotatable bonds is 6. The van der Waals surface area contributed by atoms with Crippen LogP contribution < -0.4 is 5.32 Å². The number of carbonyl (C=O) groups excluding carboxylic acids is 2. The lowest BCUT2D eigenvalue weighted by Crippen LogP contribution is -2.49. The maximum atomic E-state index is 13.7. The molecule has 3 aromatic rings. The van der Waals surface area contributed by atoms with E-state index in [2.05, 4.69) is 15.3 Å². The first kappa shape index (κ1) is 24.9. The predicted molar refractivity (Wildman–Crippen MR) is 138 cm³/mol. The van der Waals surface area contributed by atoms with Crippen molar-refractivity contribution in [2.24, 2.45) is 0 Å². The molecule has 9 nitrogen and oxygen atoms in total. The van der Waals surface area contributed by atoms with Gasteiger partial charge < -0.3 is 14.6 Å². The summed E-state index contributed by atoms with van der Waals surface area (Å²) >= 11 is 0. The molecule has 1 N–H and O–H groups in total. The molecule has 1 amide bonds. The van der Waals surface area contributed by atoms with E-state index in [9.17, 15) is 18.0 Å². The number of likely N-dealkylation sites (N-methyl/N-ethyl adjacent to an activating group) is 1. The minimum absolute atomic E-state index is 0.00709. The third-order valence-corrected chi connectivity index (χ3v) is 9.13. The molecule has 1 aromatic carbocycles. The number of benzene rings is 1. The molecule has 0 saturated carbocycles. The standard InChI is InChI=1S/C27H29N5O4S/c1-4-37(35,36)19-7-5-18(6-8-19)17-23(33)30-22-10-9-20-21(31(22)3)11-12-27(2,25(20)34)24-26-29-14-16-32(26)15-13-28-24/h5-10,13-16,22H,4,11-12,17H2,1-3H3,(H,30,33). The Bertz CT molecular complexity index is 1550. The monoisotopic (exact) mass is 519 g/mol. The molecule has 2 aromatic heterocycles. The second kappa shape index (κ2) is 9.26. The Morgan fingerprint density at radius 1 is 1.16 bits per heavy atom. The van der Waals surface area contributed by atoms with Crippen molar-refractivity contribution in [2.75, 3.05) is 12.8 Å². The number of ketones is 1. The molecule has 2 unspecified atom stereocenters. The second-order valence-electron chi connectivity index (χ2n) is 9.66. The fourth-order valence-electron chi connectivity index (χ4n) is 5.06. The van der Waals surface area contributed by atoms with Gasteiger partial charge in [-0.3, -0.25) is 14.6 Å². The topological polar surface area (TPSA) is 114 Å². The molecule has 0 fully saturated rings. The summed E-state index contributed by atoms with van der Waals surface area (Å²) in [6, 6.07) is 6.40. The van der Waals surface area contributed by atoms with Crippen LogP contribution in [0.15, 0.2) is 77.4 Å². The van der Waals surface area contributed by atoms with E-state index in [1.807, 2.05) is 41.7 Å².